The summed E-state index contributed by atoms with van der Waals surface area (Å²) in [5.74, 6) is 0.299. The van der Waals surface area contributed by atoms with Crippen LogP contribution >= 0.6 is 0 Å². The Labute approximate surface area is 171 Å². The van der Waals surface area contributed by atoms with Crippen molar-refractivity contribution in [2.75, 3.05) is 7.11 Å². The molecule has 1 aliphatic rings. The van der Waals surface area contributed by atoms with Crippen molar-refractivity contribution in [3.05, 3.63) is 89.7 Å². The number of esters is 1. The van der Waals surface area contributed by atoms with Gasteiger partial charge in [0.2, 0.25) is 6.10 Å². The smallest absolute Gasteiger partial charge is 0.351 e. The third-order valence-electron chi connectivity index (χ3n) is 5.28. The highest BCUT2D eigenvalue weighted by Crippen LogP contribution is 2.31. The van der Waals surface area contributed by atoms with Gasteiger partial charge in [-0.3, -0.25) is 0 Å². The molecular formula is C25H25NO3. The molecule has 0 aliphatic heterocycles. The number of allylic oxidation sites excluding steroid dienone is 2. The Morgan fingerprint density at radius 3 is 2.66 bits per heavy atom. The van der Waals surface area contributed by atoms with E-state index in [4.69, 9.17) is 9.47 Å². The van der Waals surface area contributed by atoms with Crippen LogP contribution in [0.5, 0.6) is 5.75 Å². The van der Waals surface area contributed by atoms with Gasteiger partial charge in [-0.15, -0.1) is 0 Å². The number of aromatic nitrogens is 1. The highest BCUT2D eigenvalue weighted by molar-refractivity contribution is 5.88. The first-order valence-corrected chi connectivity index (χ1v) is 9.91. The van der Waals surface area contributed by atoms with Crippen LogP contribution in [0.4, 0.5) is 0 Å². The molecule has 0 amide bonds. The zero-order valence-corrected chi connectivity index (χ0v) is 16.8. The second kappa shape index (κ2) is 8.39. The van der Waals surface area contributed by atoms with Crippen LogP contribution in [0.15, 0.2) is 78.4 Å². The second-order valence-corrected chi connectivity index (χ2v) is 7.25. The van der Waals surface area contributed by atoms with E-state index in [9.17, 15) is 4.79 Å². The number of carbonyl (C=O) groups excluding carboxylic acids is 1. The van der Waals surface area contributed by atoms with Gasteiger partial charge in [-0.25, -0.2) is 4.79 Å². The largest absolute Gasteiger partial charge is 0.473 e. The van der Waals surface area contributed by atoms with Gasteiger partial charge in [0.25, 0.3) is 0 Å². The van der Waals surface area contributed by atoms with E-state index in [0.29, 0.717) is 5.75 Å². The molecule has 1 aromatic heterocycles. The average Bonchev–Trinajstić information content (AvgIpc) is 3.09. The van der Waals surface area contributed by atoms with Gasteiger partial charge in [-0.05, 0) is 49.1 Å². The third-order valence-corrected chi connectivity index (χ3v) is 5.28. The molecule has 1 atom stereocenters. The minimum Gasteiger partial charge on any atom is -0.473 e. The van der Waals surface area contributed by atoms with E-state index in [1.807, 2.05) is 30.4 Å². The van der Waals surface area contributed by atoms with E-state index < -0.39 is 6.10 Å². The lowest BCUT2D eigenvalue weighted by Crippen LogP contribution is -2.30. The summed E-state index contributed by atoms with van der Waals surface area (Å²) in [4.78, 5) is 12.4. The molecule has 0 bridgehead atoms. The lowest BCUT2D eigenvalue weighted by atomic mass is 10.0. The summed E-state index contributed by atoms with van der Waals surface area (Å²) in [7, 11) is 1.40. The SMILES string of the molecule is COC(=O)C(Oc1cccc2c1cc(C)n2Cc1ccccc1)C1=CCCC=C1. The molecule has 4 nitrogen and oxygen atoms in total. The highest BCUT2D eigenvalue weighted by atomic mass is 16.6. The lowest BCUT2D eigenvalue weighted by molar-refractivity contribution is -0.146. The molecule has 4 rings (SSSR count). The van der Waals surface area contributed by atoms with Crippen LogP contribution in [0.25, 0.3) is 10.9 Å². The van der Waals surface area contributed by atoms with E-state index >= 15 is 0 Å². The third kappa shape index (κ3) is 3.97. The minimum atomic E-state index is -0.764. The Bertz CT molecular complexity index is 1080. The Morgan fingerprint density at radius 2 is 1.93 bits per heavy atom. The van der Waals surface area contributed by atoms with Gasteiger partial charge in [0.15, 0.2) is 0 Å². The fourth-order valence-corrected chi connectivity index (χ4v) is 3.78. The molecule has 29 heavy (non-hydrogen) atoms. The molecule has 0 spiro atoms. The van der Waals surface area contributed by atoms with Gasteiger partial charge < -0.3 is 14.0 Å². The van der Waals surface area contributed by atoms with Gasteiger partial charge in [-0.1, -0.05) is 54.6 Å². The van der Waals surface area contributed by atoms with Crippen LogP contribution < -0.4 is 4.74 Å². The molecule has 0 saturated heterocycles. The van der Waals surface area contributed by atoms with Crippen LogP contribution in [0.3, 0.4) is 0 Å². The number of hydrogen-bond donors (Lipinski definition) is 0. The van der Waals surface area contributed by atoms with E-state index in [1.165, 1.54) is 12.7 Å². The average molecular weight is 387 g/mol. The molecule has 2 aromatic carbocycles. The number of rotatable bonds is 6. The number of ether oxygens (including phenoxy) is 2. The maximum absolute atomic E-state index is 12.4. The molecule has 4 heteroatoms. The molecule has 3 aromatic rings. The van der Waals surface area contributed by atoms with E-state index in [2.05, 4.69) is 54.0 Å². The molecule has 148 valence electrons. The summed E-state index contributed by atoms with van der Waals surface area (Å²) >= 11 is 0. The maximum Gasteiger partial charge on any atom is 0.351 e. The Hall–Kier alpha value is -3.27. The normalized spacial score (nSPS) is 14.5. The number of nitrogens with zero attached hydrogens (tertiary/aromatic N) is 1. The molecule has 0 radical (unpaired) electrons. The predicted molar refractivity (Wildman–Crippen MR) is 115 cm³/mol. The number of carbonyl (C=O) groups is 1. The van der Waals surface area contributed by atoms with Gasteiger partial charge in [0.05, 0.1) is 12.6 Å². The molecule has 0 fully saturated rings. The van der Waals surface area contributed by atoms with Crippen LogP contribution in [0.2, 0.25) is 0 Å². The molecular weight excluding hydrogens is 362 g/mol. The standard InChI is InChI=1S/C25H25NO3/c1-18-16-21-22(26(18)17-19-10-5-3-6-11-19)14-9-15-23(21)29-24(25(27)28-2)20-12-7-4-8-13-20/h3,5-7,9-16,24H,4,8,17H2,1-2H3. The summed E-state index contributed by atoms with van der Waals surface area (Å²) in [6.07, 6.45) is 7.19. The summed E-state index contributed by atoms with van der Waals surface area (Å²) in [6.45, 7) is 2.88. The van der Waals surface area contributed by atoms with Crippen molar-refractivity contribution in [2.45, 2.75) is 32.4 Å². The van der Waals surface area contributed by atoms with Crippen molar-refractivity contribution in [3.8, 4) is 5.75 Å². The highest BCUT2D eigenvalue weighted by Gasteiger charge is 2.26. The van der Waals surface area contributed by atoms with Gasteiger partial charge in [0.1, 0.15) is 5.75 Å². The van der Waals surface area contributed by atoms with Crippen molar-refractivity contribution in [2.24, 2.45) is 0 Å². The first kappa shape index (κ1) is 19.1. The van der Waals surface area contributed by atoms with Crippen molar-refractivity contribution in [1.82, 2.24) is 4.57 Å². The molecule has 1 unspecified atom stereocenters. The molecule has 1 aliphatic carbocycles. The van der Waals surface area contributed by atoms with Crippen LogP contribution in [0, 0.1) is 6.92 Å². The van der Waals surface area contributed by atoms with Crippen molar-refractivity contribution in [1.29, 1.82) is 0 Å². The monoisotopic (exact) mass is 387 g/mol. The zero-order valence-electron chi connectivity index (χ0n) is 16.8. The Balaban J connectivity index is 1.70. The van der Waals surface area contributed by atoms with Crippen molar-refractivity contribution >= 4 is 16.9 Å². The second-order valence-electron chi connectivity index (χ2n) is 7.25. The summed E-state index contributed by atoms with van der Waals surface area (Å²) in [5, 5.41) is 0.996. The van der Waals surface area contributed by atoms with Gasteiger partial charge in [-0.2, -0.15) is 0 Å². The summed E-state index contributed by atoms with van der Waals surface area (Å²) in [5.41, 5.74) is 4.32. The van der Waals surface area contributed by atoms with Gasteiger partial charge >= 0.3 is 5.97 Å². The topological polar surface area (TPSA) is 40.5 Å². The molecule has 0 N–H and O–H groups in total. The summed E-state index contributed by atoms with van der Waals surface area (Å²) < 4.78 is 13.5. The van der Waals surface area contributed by atoms with Crippen LogP contribution in [0.1, 0.15) is 24.1 Å². The number of aryl methyl sites for hydroxylation is 1. The first-order chi connectivity index (χ1) is 14.2. The predicted octanol–water partition coefficient (Wildman–Crippen LogP) is 5.19. The minimum absolute atomic E-state index is 0.389. The number of hydrogen-bond acceptors (Lipinski definition) is 3. The Kier molecular flexibility index (Phi) is 5.52. The summed E-state index contributed by atoms with van der Waals surface area (Å²) in [6, 6.07) is 18.5. The van der Waals surface area contributed by atoms with E-state index in [-0.39, 0.29) is 5.97 Å². The zero-order chi connectivity index (χ0) is 20.2. The molecule has 0 saturated carbocycles. The number of benzene rings is 2. The van der Waals surface area contributed by atoms with Crippen molar-refractivity contribution < 1.29 is 14.3 Å². The maximum atomic E-state index is 12.4. The van der Waals surface area contributed by atoms with E-state index in [1.54, 1.807) is 0 Å². The van der Waals surface area contributed by atoms with Crippen LogP contribution in [-0.2, 0) is 16.1 Å². The quantitative estimate of drug-likeness (QED) is 0.546. The fourth-order valence-electron chi connectivity index (χ4n) is 3.78. The number of methoxy groups -OCH3 is 1. The number of fused-ring (bicyclic) bond motifs is 1. The van der Waals surface area contributed by atoms with Gasteiger partial charge in [0, 0.05) is 17.6 Å². The van der Waals surface area contributed by atoms with Crippen molar-refractivity contribution in [3.63, 3.8) is 0 Å². The van der Waals surface area contributed by atoms with E-state index in [0.717, 1.165) is 41.6 Å². The molecule has 1 heterocycles. The fraction of sp³-hybridized carbons (Fsp3) is 0.240. The first-order valence-electron chi connectivity index (χ1n) is 9.91. The van der Waals surface area contributed by atoms with Crippen LogP contribution in [-0.4, -0.2) is 23.8 Å². The lowest BCUT2D eigenvalue weighted by Gasteiger charge is -2.20. The Morgan fingerprint density at radius 1 is 1.10 bits per heavy atom.